The minimum atomic E-state index is -0.222. The van der Waals surface area contributed by atoms with Crippen LogP contribution in [0.5, 0.6) is 0 Å². The molecule has 2 aromatic rings. The molecule has 2 N–H and O–H groups in total. The van der Waals surface area contributed by atoms with Crippen molar-refractivity contribution in [3.63, 3.8) is 0 Å². The molecule has 0 aliphatic heterocycles. The van der Waals surface area contributed by atoms with E-state index in [0.29, 0.717) is 18.2 Å². The van der Waals surface area contributed by atoms with Crippen molar-refractivity contribution in [3.05, 3.63) is 65.5 Å². The van der Waals surface area contributed by atoms with Crippen LogP contribution in [0.1, 0.15) is 24.1 Å². The van der Waals surface area contributed by atoms with Crippen LogP contribution in [0.3, 0.4) is 0 Å². The molecule has 24 heavy (non-hydrogen) atoms. The molecule has 0 aliphatic rings. The second kappa shape index (κ2) is 8.34. The van der Waals surface area contributed by atoms with Crippen molar-refractivity contribution < 1.29 is 4.39 Å². The Hall–Kier alpha value is -2.56. The van der Waals surface area contributed by atoms with Crippen molar-refractivity contribution in [2.24, 2.45) is 4.99 Å². The van der Waals surface area contributed by atoms with Gasteiger partial charge in [0.05, 0.1) is 11.7 Å². The number of rotatable bonds is 5. The first-order valence-corrected chi connectivity index (χ1v) is 7.99. The smallest absolute Gasteiger partial charge is 0.191 e. The summed E-state index contributed by atoms with van der Waals surface area (Å²) in [6.07, 6.45) is 0. The maximum atomic E-state index is 14.0. The zero-order valence-corrected chi connectivity index (χ0v) is 14.7. The van der Waals surface area contributed by atoms with Crippen LogP contribution >= 0.6 is 0 Å². The highest BCUT2D eigenvalue weighted by atomic mass is 19.1. The Morgan fingerprint density at radius 1 is 1.17 bits per heavy atom. The summed E-state index contributed by atoms with van der Waals surface area (Å²) in [5, 5.41) is 6.56. The molecule has 0 radical (unpaired) electrons. The molecule has 2 rings (SSSR count). The van der Waals surface area contributed by atoms with Gasteiger partial charge in [-0.3, -0.25) is 4.99 Å². The van der Waals surface area contributed by atoms with Crippen LogP contribution < -0.4 is 15.5 Å². The summed E-state index contributed by atoms with van der Waals surface area (Å²) >= 11 is 0. The van der Waals surface area contributed by atoms with Crippen molar-refractivity contribution in [1.29, 1.82) is 0 Å². The number of halogens is 1. The predicted octanol–water partition coefficient (Wildman–Crippen LogP) is 3.32. The minimum Gasteiger partial charge on any atom is -0.375 e. The molecule has 5 heteroatoms. The number of aliphatic imine (C=N–C) groups is 1. The van der Waals surface area contributed by atoms with Gasteiger partial charge in [0.2, 0.25) is 0 Å². The number of anilines is 1. The quantitative estimate of drug-likeness (QED) is 0.653. The van der Waals surface area contributed by atoms with Gasteiger partial charge in [-0.05, 0) is 30.2 Å². The van der Waals surface area contributed by atoms with Crippen molar-refractivity contribution in [3.8, 4) is 0 Å². The Labute approximate surface area is 143 Å². The molecule has 0 heterocycles. The molecular formula is C19H25FN4. The Morgan fingerprint density at radius 2 is 1.88 bits per heavy atom. The second-order valence-electron chi connectivity index (χ2n) is 5.88. The van der Waals surface area contributed by atoms with Crippen LogP contribution in [0.25, 0.3) is 0 Å². The minimum absolute atomic E-state index is 0.130. The molecule has 0 saturated heterocycles. The van der Waals surface area contributed by atoms with E-state index in [-0.39, 0.29) is 11.9 Å². The van der Waals surface area contributed by atoms with Crippen LogP contribution in [0.2, 0.25) is 0 Å². The molecule has 0 amide bonds. The van der Waals surface area contributed by atoms with E-state index in [2.05, 4.69) is 34.7 Å². The van der Waals surface area contributed by atoms with Gasteiger partial charge in [0.15, 0.2) is 5.96 Å². The first-order valence-electron chi connectivity index (χ1n) is 7.99. The van der Waals surface area contributed by atoms with E-state index in [1.54, 1.807) is 24.1 Å². The molecule has 1 unspecified atom stereocenters. The summed E-state index contributed by atoms with van der Waals surface area (Å²) in [7, 11) is 5.38. The third-order valence-corrected chi connectivity index (χ3v) is 3.83. The van der Waals surface area contributed by atoms with E-state index in [0.717, 1.165) is 5.56 Å². The maximum Gasteiger partial charge on any atom is 0.191 e. The number of benzene rings is 2. The standard InChI is InChI=1S/C19H25FN4/c1-14(16-8-6-5-7-9-16)23-19(21-2)22-13-15-10-11-18(24(3)4)17(20)12-15/h5-12,14H,13H2,1-4H3,(H2,21,22,23). The lowest BCUT2D eigenvalue weighted by molar-refractivity contribution is 0.622. The summed E-state index contributed by atoms with van der Waals surface area (Å²) < 4.78 is 14.0. The summed E-state index contributed by atoms with van der Waals surface area (Å²) in [6, 6.07) is 15.5. The number of hydrogen-bond acceptors (Lipinski definition) is 2. The molecule has 1 atom stereocenters. The van der Waals surface area contributed by atoms with Gasteiger partial charge in [0.25, 0.3) is 0 Å². The number of nitrogens with zero attached hydrogens (tertiary/aromatic N) is 2. The molecule has 0 aromatic heterocycles. The number of hydrogen-bond donors (Lipinski definition) is 2. The van der Waals surface area contributed by atoms with E-state index in [4.69, 9.17) is 0 Å². The Bertz CT molecular complexity index is 683. The summed E-state index contributed by atoms with van der Waals surface area (Å²) in [4.78, 5) is 5.99. The Kier molecular flexibility index (Phi) is 6.18. The van der Waals surface area contributed by atoms with Gasteiger partial charge in [0.1, 0.15) is 5.82 Å². The van der Waals surface area contributed by atoms with Crippen LogP contribution in [0, 0.1) is 5.82 Å². The zero-order chi connectivity index (χ0) is 17.5. The van der Waals surface area contributed by atoms with E-state index in [1.165, 1.54) is 5.56 Å². The van der Waals surface area contributed by atoms with E-state index < -0.39 is 0 Å². The normalized spacial score (nSPS) is 12.6. The Balaban J connectivity index is 1.95. The highest BCUT2D eigenvalue weighted by molar-refractivity contribution is 5.80. The third-order valence-electron chi connectivity index (χ3n) is 3.83. The first-order chi connectivity index (χ1) is 11.5. The van der Waals surface area contributed by atoms with Crippen LogP contribution in [-0.2, 0) is 6.54 Å². The predicted molar refractivity (Wildman–Crippen MR) is 98.9 cm³/mol. The molecule has 0 spiro atoms. The second-order valence-corrected chi connectivity index (χ2v) is 5.88. The average Bonchev–Trinajstić information content (AvgIpc) is 2.58. The summed E-state index contributed by atoms with van der Waals surface area (Å²) in [5.41, 5.74) is 2.63. The summed E-state index contributed by atoms with van der Waals surface area (Å²) in [5.74, 6) is 0.461. The lowest BCUT2D eigenvalue weighted by atomic mass is 10.1. The van der Waals surface area contributed by atoms with Gasteiger partial charge in [-0.15, -0.1) is 0 Å². The van der Waals surface area contributed by atoms with Gasteiger partial charge in [-0.1, -0.05) is 36.4 Å². The molecule has 0 fully saturated rings. The van der Waals surface area contributed by atoms with Gasteiger partial charge < -0.3 is 15.5 Å². The highest BCUT2D eigenvalue weighted by Gasteiger charge is 2.08. The SMILES string of the molecule is CN=C(NCc1ccc(N(C)C)c(F)c1)NC(C)c1ccccc1. The highest BCUT2D eigenvalue weighted by Crippen LogP contribution is 2.18. The van der Waals surface area contributed by atoms with E-state index >= 15 is 0 Å². The van der Waals surface area contributed by atoms with Gasteiger partial charge in [-0.25, -0.2) is 4.39 Å². The monoisotopic (exact) mass is 328 g/mol. The molecular weight excluding hydrogens is 303 g/mol. The molecule has 128 valence electrons. The average molecular weight is 328 g/mol. The lowest BCUT2D eigenvalue weighted by Crippen LogP contribution is -2.38. The largest absolute Gasteiger partial charge is 0.375 e. The van der Waals surface area contributed by atoms with Crippen LogP contribution in [0.15, 0.2) is 53.5 Å². The van der Waals surface area contributed by atoms with E-state index in [1.807, 2.05) is 38.4 Å². The van der Waals surface area contributed by atoms with Crippen molar-refractivity contribution in [2.45, 2.75) is 19.5 Å². The van der Waals surface area contributed by atoms with Gasteiger partial charge >= 0.3 is 0 Å². The van der Waals surface area contributed by atoms with Crippen molar-refractivity contribution in [1.82, 2.24) is 10.6 Å². The lowest BCUT2D eigenvalue weighted by Gasteiger charge is -2.19. The van der Waals surface area contributed by atoms with E-state index in [9.17, 15) is 4.39 Å². The number of nitrogens with one attached hydrogen (secondary N) is 2. The van der Waals surface area contributed by atoms with Crippen molar-refractivity contribution in [2.75, 3.05) is 26.0 Å². The number of guanidine groups is 1. The molecule has 2 aromatic carbocycles. The molecule has 4 nitrogen and oxygen atoms in total. The van der Waals surface area contributed by atoms with Gasteiger partial charge in [-0.2, -0.15) is 0 Å². The fourth-order valence-corrected chi connectivity index (χ4v) is 2.43. The topological polar surface area (TPSA) is 39.7 Å². The summed E-state index contributed by atoms with van der Waals surface area (Å²) in [6.45, 7) is 2.58. The zero-order valence-electron chi connectivity index (χ0n) is 14.7. The third kappa shape index (κ3) is 4.72. The van der Waals surface area contributed by atoms with Crippen LogP contribution in [0.4, 0.5) is 10.1 Å². The first kappa shape index (κ1) is 17.8. The molecule has 0 aliphatic carbocycles. The van der Waals surface area contributed by atoms with Crippen LogP contribution in [-0.4, -0.2) is 27.1 Å². The van der Waals surface area contributed by atoms with Crippen molar-refractivity contribution >= 4 is 11.6 Å². The fraction of sp³-hybridized carbons (Fsp3) is 0.316. The Morgan fingerprint density at radius 3 is 2.46 bits per heavy atom. The maximum absolute atomic E-state index is 14.0. The molecule has 0 saturated carbocycles. The fourth-order valence-electron chi connectivity index (χ4n) is 2.43. The molecule has 0 bridgehead atoms. The van der Waals surface area contributed by atoms with Gasteiger partial charge in [0, 0.05) is 27.7 Å².